The van der Waals surface area contributed by atoms with Gasteiger partial charge in [0, 0.05) is 13.2 Å². The summed E-state index contributed by atoms with van der Waals surface area (Å²) in [6, 6.07) is 9.60. The fourth-order valence-corrected chi connectivity index (χ4v) is 4.52. The summed E-state index contributed by atoms with van der Waals surface area (Å²) in [7, 11) is 1.35. The van der Waals surface area contributed by atoms with Crippen LogP contribution in [0.5, 0.6) is 0 Å². The molecule has 0 fully saturated rings. The Balaban J connectivity index is 1.88. The molecule has 0 saturated carbocycles. The van der Waals surface area contributed by atoms with Crippen LogP contribution >= 0.6 is 0 Å². The Kier molecular flexibility index (Phi) is 11.6. The highest BCUT2D eigenvalue weighted by Crippen LogP contribution is 2.45. The first-order valence-electron chi connectivity index (χ1n) is 13.4. The summed E-state index contributed by atoms with van der Waals surface area (Å²) in [6.07, 6.45) is 24.3. The number of cyclic esters (lactones) is 1. The summed E-state index contributed by atoms with van der Waals surface area (Å²) in [5.74, 6) is -1.04. The monoisotopic (exact) mass is 555 g/mol. The van der Waals surface area contributed by atoms with Crippen LogP contribution in [0.1, 0.15) is 31.9 Å². The summed E-state index contributed by atoms with van der Waals surface area (Å²) in [6.45, 7) is 3.26. The number of nitrogens with one attached hydrogen (secondary N) is 1. The molecule has 7 heteroatoms. The average Bonchev–Trinajstić information content (AvgIpc) is 3.14. The number of benzene rings is 1. The molecule has 4 atom stereocenters. The third-order valence-corrected chi connectivity index (χ3v) is 6.72. The predicted octanol–water partition coefficient (Wildman–Crippen LogP) is 5.80. The van der Waals surface area contributed by atoms with Crippen LogP contribution in [-0.2, 0) is 19.1 Å². The molecule has 1 aromatic carbocycles. The fraction of sp³-hybridized carbons (Fsp3) is 0.235. The number of rotatable bonds is 2. The molecule has 1 heterocycles. The van der Waals surface area contributed by atoms with Gasteiger partial charge in [0.15, 0.2) is 0 Å². The van der Waals surface area contributed by atoms with Crippen LogP contribution in [-0.4, -0.2) is 41.4 Å². The van der Waals surface area contributed by atoms with Crippen LogP contribution in [0.2, 0.25) is 0 Å². The van der Waals surface area contributed by atoms with Crippen LogP contribution in [0.15, 0.2) is 139 Å². The molecule has 2 aliphatic rings. The summed E-state index contributed by atoms with van der Waals surface area (Å²) < 4.78 is 10.7. The minimum atomic E-state index is -1.26. The first kappa shape index (κ1) is 31.1. The molecule has 3 N–H and O–H groups in total. The molecule has 0 bridgehead atoms. The maximum absolute atomic E-state index is 13.1. The van der Waals surface area contributed by atoms with Gasteiger partial charge in [0.25, 0.3) is 0 Å². The van der Waals surface area contributed by atoms with Crippen LogP contribution in [0.3, 0.4) is 0 Å². The molecule has 0 spiro atoms. The molecule has 0 aromatic heterocycles. The largest absolute Gasteiger partial charge is 0.509 e. The first-order valence-corrected chi connectivity index (χ1v) is 13.4. The number of allylic oxidation sites excluding steroid dienone is 13. The van der Waals surface area contributed by atoms with Gasteiger partial charge in [0.1, 0.15) is 23.7 Å². The Hall–Kier alpha value is -4.46. The number of hydrogen-bond donors (Lipinski definition) is 3. The van der Waals surface area contributed by atoms with Crippen molar-refractivity contribution in [3.8, 4) is 0 Å². The molecule has 0 saturated heterocycles. The lowest BCUT2D eigenvalue weighted by Crippen LogP contribution is -2.37. The van der Waals surface area contributed by atoms with E-state index in [2.05, 4.69) is 5.32 Å². The number of ether oxygens (including phenoxy) is 2. The van der Waals surface area contributed by atoms with E-state index in [1.54, 1.807) is 74.6 Å². The Morgan fingerprint density at radius 3 is 2.27 bits per heavy atom. The molecule has 1 aliphatic carbocycles. The van der Waals surface area contributed by atoms with E-state index in [9.17, 15) is 19.8 Å². The normalized spacial score (nSPS) is 33.1. The van der Waals surface area contributed by atoms with Gasteiger partial charge in [-0.3, -0.25) is 4.79 Å². The second-order valence-electron chi connectivity index (χ2n) is 9.70. The van der Waals surface area contributed by atoms with Crippen LogP contribution in [0, 0.1) is 5.41 Å². The predicted molar refractivity (Wildman–Crippen MR) is 160 cm³/mol. The van der Waals surface area contributed by atoms with Crippen molar-refractivity contribution >= 4 is 11.9 Å². The number of amides is 1. The smallest absolute Gasteiger partial charge is 0.343 e. The highest BCUT2D eigenvalue weighted by molar-refractivity contribution is 5.93. The third-order valence-electron chi connectivity index (χ3n) is 6.72. The molecule has 1 aromatic rings. The maximum Gasteiger partial charge on any atom is 0.343 e. The van der Waals surface area contributed by atoms with Crippen LogP contribution in [0.4, 0.5) is 0 Å². The van der Waals surface area contributed by atoms with Gasteiger partial charge in [0.2, 0.25) is 5.91 Å². The second-order valence-corrected chi connectivity index (χ2v) is 9.70. The second kappa shape index (κ2) is 15.4. The standard InChI is InChI=1S/C34H37NO6/c1-25-19-13-8-4-5-9-16-22-27(26-20-14-12-15-21-26)35-28(36)23-17-10-6-7-11-18-24-34(2)29(33(39)41-25)30(37)31(40-3)32(34)38/h4-21,23-24,27,31-32,37-38H,22H2,1-3H3,(H,35,36)/b5-4+,10-6+,11-7+,13-8+,16-9-,23-17+,24-18+,25-19+/t27-,31-,32-,34-/m1/s1. The van der Waals surface area contributed by atoms with E-state index in [0.717, 1.165) is 5.56 Å². The quantitative estimate of drug-likeness (QED) is 0.399. The Morgan fingerprint density at radius 1 is 0.927 bits per heavy atom. The molecule has 214 valence electrons. The lowest BCUT2D eigenvalue weighted by atomic mass is 9.80. The van der Waals surface area contributed by atoms with Gasteiger partial charge in [-0.15, -0.1) is 0 Å². The van der Waals surface area contributed by atoms with Gasteiger partial charge in [-0.25, -0.2) is 4.79 Å². The first-order chi connectivity index (χ1) is 19.8. The highest BCUT2D eigenvalue weighted by Gasteiger charge is 2.53. The van der Waals surface area contributed by atoms with Gasteiger partial charge >= 0.3 is 5.97 Å². The van der Waals surface area contributed by atoms with E-state index in [4.69, 9.17) is 9.47 Å². The molecule has 7 nitrogen and oxygen atoms in total. The van der Waals surface area contributed by atoms with Gasteiger partial charge < -0.3 is 25.0 Å². The van der Waals surface area contributed by atoms with Crippen molar-refractivity contribution in [3.63, 3.8) is 0 Å². The third kappa shape index (κ3) is 8.51. The van der Waals surface area contributed by atoms with E-state index in [1.807, 2.05) is 54.6 Å². The maximum atomic E-state index is 13.1. The molecule has 1 aliphatic heterocycles. The molecule has 0 radical (unpaired) electrons. The van der Waals surface area contributed by atoms with E-state index in [0.29, 0.717) is 12.2 Å². The summed E-state index contributed by atoms with van der Waals surface area (Å²) in [5.41, 5.74) is -0.327. The molecular formula is C34H37NO6. The van der Waals surface area contributed by atoms with Crippen molar-refractivity contribution in [1.29, 1.82) is 0 Å². The zero-order valence-electron chi connectivity index (χ0n) is 23.5. The van der Waals surface area contributed by atoms with E-state index >= 15 is 0 Å². The highest BCUT2D eigenvalue weighted by atomic mass is 16.5. The topological polar surface area (TPSA) is 105 Å². The Bertz CT molecular complexity index is 1340. The van der Waals surface area contributed by atoms with Crippen molar-refractivity contribution in [2.24, 2.45) is 5.41 Å². The summed E-state index contributed by atoms with van der Waals surface area (Å²) >= 11 is 0. The lowest BCUT2D eigenvalue weighted by Gasteiger charge is -2.28. The Labute approximate surface area is 241 Å². The molecular weight excluding hydrogens is 518 g/mol. The number of carbonyl (C=O) groups is 2. The molecule has 1 amide bonds. The van der Waals surface area contributed by atoms with Gasteiger partial charge in [-0.05, 0) is 31.9 Å². The van der Waals surface area contributed by atoms with Gasteiger partial charge in [-0.2, -0.15) is 0 Å². The number of aliphatic hydroxyl groups is 2. The minimum Gasteiger partial charge on any atom is -0.509 e. The Morgan fingerprint density at radius 2 is 1.56 bits per heavy atom. The van der Waals surface area contributed by atoms with Crippen molar-refractivity contribution in [1.82, 2.24) is 5.32 Å². The molecule has 41 heavy (non-hydrogen) atoms. The fourth-order valence-electron chi connectivity index (χ4n) is 4.52. The SMILES string of the molecule is CO[C@@H]1C(O)=C2C(=O)O/C(C)=C/C=C/C=C/C=C\C[C@H](c3ccccc3)NC(=O)/C=C/C=C/C=C/C=C/[C@@]2(C)[C@@H]1O. The lowest BCUT2D eigenvalue weighted by molar-refractivity contribution is -0.136. The number of aliphatic hydroxyl groups excluding tert-OH is 2. The van der Waals surface area contributed by atoms with E-state index in [1.165, 1.54) is 13.2 Å². The van der Waals surface area contributed by atoms with Crippen molar-refractivity contribution in [2.45, 2.75) is 38.5 Å². The zero-order chi connectivity index (χ0) is 29.7. The van der Waals surface area contributed by atoms with Crippen molar-refractivity contribution in [3.05, 3.63) is 144 Å². The van der Waals surface area contributed by atoms with Crippen LogP contribution in [0.25, 0.3) is 0 Å². The average molecular weight is 556 g/mol. The minimum absolute atomic E-state index is 0.0731. The van der Waals surface area contributed by atoms with Gasteiger partial charge in [0.05, 0.1) is 17.0 Å². The molecule has 0 unspecified atom stereocenters. The number of methoxy groups -OCH3 is 1. The number of carbonyl (C=O) groups excluding carboxylic acids is 2. The van der Waals surface area contributed by atoms with E-state index in [-0.39, 0.29) is 23.3 Å². The summed E-state index contributed by atoms with van der Waals surface area (Å²) in [5, 5.41) is 24.7. The van der Waals surface area contributed by atoms with E-state index < -0.39 is 23.6 Å². The van der Waals surface area contributed by atoms with Crippen molar-refractivity contribution in [2.75, 3.05) is 7.11 Å². The molecule has 3 rings (SSSR count). The van der Waals surface area contributed by atoms with Crippen LogP contribution < -0.4 is 5.32 Å². The van der Waals surface area contributed by atoms with Gasteiger partial charge in [-0.1, -0.05) is 109 Å². The number of hydrogen-bond acceptors (Lipinski definition) is 6. The number of esters is 1. The van der Waals surface area contributed by atoms with Crippen molar-refractivity contribution < 1.29 is 29.3 Å². The zero-order valence-corrected chi connectivity index (χ0v) is 23.5. The number of fused-ring (bicyclic) bond motifs is 1. The summed E-state index contributed by atoms with van der Waals surface area (Å²) in [4.78, 5) is 25.7.